The molecule has 98 valence electrons. The van der Waals surface area contributed by atoms with Gasteiger partial charge in [0.05, 0.1) is 11.4 Å². The number of fused-ring (bicyclic) bond motifs is 1. The van der Waals surface area contributed by atoms with E-state index in [1.807, 2.05) is 7.05 Å². The molecular formula is C14H21N3O. The van der Waals surface area contributed by atoms with E-state index in [1.54, 1.807) is 4.90 Å². The number of nitrogens with two attached hydrogens (primary N) is 1. The molecule has 4 nitrogen and oxygen atoms in total. The van der Waals surface area contributed by atoms with Crippen molar-refractivity contribution in [2.75, 3.05) is 36.5 Å². The fraction of sp³-hybridized carbons (Fsp3) is 0.500. The van der Waals surface area contributed by atoms with Crippen LogP contribution in [0.25, 0.3) is 0 Å². The van der Waals surface area contributed by atoms with E-state index in [4.69, 9.17) is 5.73 Å². The average Bonchev–Trinajstić information content (AvgIpc) is 2.44. The number of carbonyl (C=O) groups is 1. The Labute approximate surface area is 108 Å². The molecule has 0 radical (unpaired) electrons. The predicted molar refractivity (Wildman–Crippen MR) is 75.2 cm³/mol. The molecule has 18 heavy (non-hydrogen) atoms. The van der Waals surface area contributed by atoms with Crippen LogP contribution in [-0.2, 0) is 4.79 Å². The summed E-state index contributed by atoms with van der Waals surface area (Å²) in [7, 11) is 1.85. The number of anilines is 2. The highest BCUT2D eigenvalue weighted by atomic mass is 16.2. The van der Waals surface area contributed by atoms with Gasteiger partial charge in [-0.3, -0.25) is 4.79 Å². The van der Waals surface area contributed by atoms with Crippen LogP contribution in [0.5, 0.6) is 0 Å². The number of aryl methyl sites for hydroxylation is 2. The monoisotopic (exact) mass is 247 g/mol. The van der Waals surface area contributed by atoms with Crippen LogP contribution in [0.3, 0.4) is 0 Å². The van der Waals surface area contributed by atoms with E-state index in [2.05, 4.69) is 30.9 Å². The van der Waals surface area contributed by atoms with Gasteiger partial charge in [-0.2, -0.15) is 0 Å². The molecule has 0 atom stereocenters. The molecule has 0 aliphatic carbocycles. The van der Waals surface area contributed by atoms with Crippen LogP contribution >= 0.6 is 0 Å². The molecular weight excluding hydrogens is 226 g/mol. The molecule has 4 heteroatoms. The highest BCUT2D eigenvalue weighted by Gasteiger charge is 2.23. The Morgan fingerprint density at radius 1 is 1.22 bits per heavy atom. The Morgan fingerprint density at radius 3 is 2.44 bits per heavy atom. The number of hydrogen-bond acceptors (Lipinski definition) is 3. The second-order valence-electron chi connectivity index (χ2n) is 4.90. The average molecular weight is 247 g/mol. The molecule has 1 aromatic carbocycles. The third-order valence-electron chi connectivity index (χ3n) is 3.66. The van der Waals surface area contributed by atoms with E-state index in [9.17, 15) is 4.79 Å². The Hall–Kier alpha value is -1.55. The van der Waals surface area contributed by atoms with Crippen LogP contribution in [0.1, 0.15) is 17.5 Å². The van der Waals surface area contributed by atoms with Crippen LogP contribution < -0.4 is 15.5 Å². The van der Waals surface area contributed by atoms with E-state index in [0.29, 0.717) is 13.0 Å². The van der Waals surface area contributed by atoms with Crippen molar-refractivity contribution in [1.29, 1.82) is 0 Å². The van der Waals surface area contributed by atoms with Gasteiger partial charge in [-0.25, -0.2) is 0 Å². The maximum absolute atomic E-state index is 12.0. The molecule has 1 heterocycles. The van der Waals surface area contributed by atoms with Crippen molar-refractivity contribution in [1.82, 2.24) is 0 Å². The quantitative estimate of drug-likeness (QED) is 0.860. The van der Waals surface area contributed by atoms with E-state index in [-0.39, 0.29) is 5.91 Å². The van der Waals surface area contributed by atoms with Gasteiger partial charge in [0.15, 0.2) is 0 Å². The summed E-state index contributed by atoms with van der Waals surface area (Å²) in [6.07, 6.45) is 0.545. The largest absolute Gasteiger partial charge is 0.368 e. The minimum Gasteiger partial charge on any atom is -0.368 e. The third-order valence-corrected chi connectivity index (χ3v) is 3.66. The summed E-state index contributed by atoms with van der Waals surface area (Å²) in [6, 6.07) is 4.26. The predicted octanol–water partition coefficient (Wildman–Crippen LogP) is 1.44. The molecule has 2 rings (SSSR count). The van der Waals surface area contributed by atoms with Crippen LogP contribution in [-0.4, -0.2) is 32.6 Å². The topological polar surface area (TPSA) is 49.6 Å². The molecule has 1 amide bonds. The smallest absolute Gasteiger partial charge is 0.228 e. The number of amides is 1. The zero-order valence-electron chi connectivity index (χ0n) is 11.4. The highest BCUT2D eigenvalue weighted by molar-refractivity contribution is 5.98. The van der Waals surface area contributed by atoms with Gasteiger partial charge in [-0.05, 0) is 37.1 Å². The molecule has 0 saturated carbocycles. The first-order valence-corrected chi connectivity index (χ1v) is 6.37. The lowest BCUT2D eigenvalue weighted by molar-refractivity contribution is -0.118. The van der Waals surface area contributed by atoms with Gasteiger partial charge < -0.3 is 15.5 Å². The van der Waals surface area contributed by atoms with Crippen molar-refractivity contribution in [3.05, 3.63) is 23.3 Å². The Balaban J connectivity index is 2.53. The van der Waals surface area contributed by atoms with Gasteiger partial charge in [0, 0.05) is 33.1 Å². The van der Waals surface area contributed by atoms with E-state index in [1.165, 1.54) is 11.1 Å². The summed E-state index contributed by atoms with van der Waals surface area (Å²) in [5.74, 6) is 0.166. The van der Waals surface area contributed by atoms with Gasteiger partial charge in [0.2, 0.25) is 5.91 Å². The summed E-state index contributed by atoms with van der Waals surface area (Å²) in [4.78, 5) is 16.0. The highest BCUT2D eigenvalue weighted by Crippen LogP contribution is 2.34. The fourth-order valence-electron chi connectivity index (χ4n) is 2.35. The summed E-state index contributed by atoms with van der Waals surface area (Å²) >= 11 is 0. The molecule has 2 N–H and O–H groups in total. The van der Waals surface area contributed by atoms with Crippen molar-refractivity contribution >= 4 is 17.3 Å². The zero-order valence-corrected chi connectivity index (χ0v) is 11.4. The number of benzene rings is 1. The lowest BCUT2D eigenvalue weighted by Crippen LogP contribution is -2.30. The maximum Gasteiger partial charge on any atom is 0.228 e. The first-order chi connectivity index (χ1) is 8.54. The lowest BCUT2D eigenvalue weighted by Gasteiger charge is -2.26. The molecule has 1 aliphatic heterocycles. The Bertz CT molecular complexity index is 470. The summed E-state index contributed by atoms with van der Waals surface area (Å²) in [5.41, 5.74) is 10.2. The first-order valence-electron chi connectivity index (χ1n) is 6.37. The van der Waals surface area contributed by atoms with Crippen molar-refractivity contribution in [3.8, 4) is 0 Å². The number of rotatable bonds is 2. The minimum absolute atomic E-state index is 0.166. The summed E-state index contributed by atoms with van der Waals surface area (Å²) in [5, 5.41) is 0. The molecule has 0 spiro atoms. The van der Waals surface area contributed by atoms with Crippen molar-refractivity contribution in [2.45, 2.75) is 20.3 Å². The lowest BCUT2D eigenvalue weighted by atomic mass is 10.1. The molecule has 0 fully saturated rings. The maximum atomic E-state index is 12.0. The molecule has 1 aliphatic rings. The van der Waals surface area contributed by atoms with Crippen LogP contribution in [0.15, 0.2) is 12.1 Å². The summed E-state index contributed by atoms with van der Waals surface area (Å²) in [6.45, 7) is 6.31. The van der Waals surface area contributed by atoms with E-state index >= 15 is 0 Å². The van der Waals surface area contributed by atoms with E-state index < -0.39 is 0 Å². The molecule has 0 bridgehead atoms. The number of nitrogens with zero attached hydrogens (tertiary/aromatic N) is 2. The molecule has 0 unspecified atom stereocenters. The van der Waals surface area contributed by atoms with Crippen LogP contribution in [0.4, 0.5) is 11.4 Å². The SMILES string of the molecule is Cc1cc2c(cc1C)N(C)C(=O)CCN2CCN. The van der Waals surface area contributed by atoms with Crippen LogP contribution in [0.2, 0.25) is 0 Å². The Morgan fingerprint density at radius 2 is 1.83 bits per heavy atom. The number of hydrogen-bond donors (Lipinski definition) is 1. The van der Waals surface area contributed by atoms with Crippen molar-refractivity contribution in [3.63, 3.8) is 0 Å². The van der Waals surface area contributed by atoms with Gasteiger partial charge in [-0.1, -0.05) is 0 Å². The fourth-order valence-corrected chi connectivity index (χ4v) is 2.35. The van der Waals surface area contributed by atoms with Crippen molar-refractivity contribution in [2.24, 2.45) is 5.73 Å². The second kappa shape index (κ2) is 4.98. The minimum atomic E-state index is 0.166. The van der Waals surface area contributed by atoms with Gasteiger partial charge in [0.25, 0.3) is 0 Å². The standard InChI is InChI=1S/C14H21N3O/c1-10-8-12-13(9-11(10)2)17(7-5-15)6-4-14(18)16(12)3/h8-9H,4-7,15H2,1-3H3. The third kappa shape index (κ3) is 2.20. The number of carbonyl (C=O) groups excluding carboxylic acids is 1. The van der Waals surface area contributed by atoms with Gasteiger partial charge in [-0.15, -0.1) is 0 Å². The second-order valence-corrected chi connectivity index (χ2v) is 4.90. The molecule has 0 aromatic heterocycles. The van der Waals surface area contributed by atoms with E-state index in [0.717, 1.165) is 24.5 Å². The Kier molecular flexibility index (Phi) is 3.57. The first kappa shape index (κ1) is 12.9. The van der Waals surface area contributed by atoms with Crippen molar-refractivity contribution < 1.29 is 4.79 Å². The molecule has 1 aromatic rings. The zero-order chi connectivity index (χ0) is 13.3. The van der Waals surface area contributed by atoms with Crippen LogP contribution in [0, 0.1) is 13.8 Å². The van der Waals surface area contributed by atoms with Gasteiger partial charge in [0.1, 0.15) is 0 Å². The van der Waals surface area contributed by atoms with Gasteiger partial charge >= 0.3 is 0 Å². The molecule has 0 saturated heterocycles. The normalized spacial score (nSPS) is 15.7. The summed E-state index contributed by atoms with van der Waals surface area (Å²) < 4.78 is 0.